The molecule has 0 saturated carbocycles. The number of carboxylic acids is 1. The summed E-state index contributed by atoms with van der Waals surface area (Å²) in [5, 5.41) is 15.0. The molecule has 2 rings (SSSR count). The number of amides is 1. The molecule has 0 radical (unpaired) electrons. The van der Waals surface area contributed by atoms with Gasteiger partial charge in [0.05, 0.1) is 5.56 Å². The van der Waals surface area contributed by atoms with Crippen molar-refractivity contribution >= 4 is 27.8 Å². The van der Waals surface area contributed by atoms with E-state index in [0.717, 1.165) is 23.0 Å². The highest BCUT2D eigenvalue weighted by Crippen LogP contribution is 2.18. The van der Waals surface area contributed by atoms with E-state index in [-0.39, 0.29) is 17.5 Å². The first-order valence-electron chi connectivity index (χ1n) is 6.08. The number of benzene rings is 1. The van der Waals surface area contributed by atoms with Gasteiger partial charge in [0.2, 0.25) is 5.91 Å². The van der Waals surface area contributed by atoms with Gasteiger partial charge >= 0.3 is 5.97 Å². The molecule has 6 heteroatoms. The molecule has 1 amide bonds. The summed E-state index contributed by atoms with van der Waals surface area (Å²) in [6, 6.07) is 5.16. The zero-order chi connectivity index (χ0) is 13.8. The fourth-order valence-electron chi connectivity index (χ4n) is 2.04. The summed E-state index contributed by atoms with van der Waals surface area (Å²) < 4.78 is 0.773. The number of halogens is 1. The fourth-order valence-corrected chi connectivity index (χ4v) is 2.55. The first kappa shape index (κ1) is 14.0. The van der Waals surface area contributed by atoms with E-state index in [9.17, 15) is 9.59 Å². The lowest BCUT2D eigenvalue weighted by molar-refractivity contribution is -0.119. The minimum absolute atomic E-state index is 0.110. The molecule has 1 heterocycles. The Morgan fingerprint density at radius 2 is 2.32 bits per heavy atom. The molecule has 3 N–H and O–H groups in total. The molecule has 1 aliphatic rings. The quantitative estimate of drug-likeness (QED) is 0.766. The van der Waals surface area contributed by atoms with Crippen LogP contribution in [0.3, 0.4) is 0 Å². The van der Waals surface area contributed by atoms with Crippen molar-refractivity contribution in [2.45, 2.75) is 25.4 Å². The number of carbonyl (C=O) groups is 2. The molecule has 1 aliphatic heterocycles. The molecule has 102 valence electrons. The zero-order valence-corrected chi connectivity index (χ0v) is 11.9. The van der Waals surface area contributed by atoms with Gasteiger partial charge < -0.3 is 15.7 Å². The molecule has 1 aromatic carbocycles. The Morgan fingerprint density at radius 3 is 2.89 bits per heavy atom. The molecular formula is C13H15BrN2O3. The van der Waals surface area contributed by atoms with Gasteiger partial charge in [-0.25, -0.2) is 4.79 Å². The molecular weight excluding hydrogens is 312 g/mol. The van der Waals surface area contributed by atoms with Crippen LogP contribution in [0, 0.1) is 0 Å². The normalized spacial score (nSPS) is 18.4. The SMILES string of the molecule is O=C1CCC(CNCc2ccc(C(=O)O)cc2Br)N1. The van der Waals surface area contributed by atoms with Crippen LogP contribution in [0.2, 0.25) is 0 Å². The second kappa shape index (κ2) is 6.16. The summed E-state index contributed by atoms with van der Waals surface area (Å²) in [5.41, 5.74) is 1.26. The molecule has 0 spiro atoms. The smallest absolute Gasteiger partial charge is 0.335 e. The van der Waals surface area contributed by atoms with Crippen molar-refractivity contribution in [1.82, 2.24) is 10.6 Å². The lowest BCUT2D eigenvalue weighted by Gasteiger charge is -2.12. The van der Waals surface area contributed by atoms with Crippen molar-refractivity contribution in [2.75, 3.05) is 6.54 Å². The molecule has 1 fully saturated rings. The summed E-state index contributed by atoms with van der Waals surface area (Å²) in [6.07, 6.45) is 1.47. The summed E-state index contributed by atoms with van der Waals surface area (Å²) in [5.74, 6) is -0.826. The van der Waals surface area contributed by atoms with E-state index in [0.29, 0.717) is 13.0 Å². The Kier molecular flexibility index (Phi) is 4.55. The number of nitrogens with one attached hydrogen (secondary N) is 2. The third-order valence-corrected chi connectivity index (χ3v) is 3.83. The number of carboxylic acid groups (broad SMARTS) is 1. The van der Waals surface area contributed by atoms with Gasteiger partial charge in [0.25, 0.3) is 0 Å². The van der Waals surface area contributed by atoms with E-state index in [1.807, 2.05) is 0 Å². The molecule has 19 heavy (non-hydrogen) atoms. The largest absolute Gasteiger partial charge is 0.478 e. The van der Waals surface area contributed by atoms with Crippen LogP contribution >= 0.6 is 15.9 Å². The van der Waals surface area contributed by atoms with Gasteiger partial charge in [0, 0.05) is 30.0 Å². The van der Waals surface area contributed by atoms with Crippen molar-refractivity contribution in [3.8, 4) is 0 Å². The van der Waals surface area contributed by atoms with Crippen LogP contribution in [-0.2, 0) is 11.3 Å². The third kappa shape index (κ3) is 3.78. The molecule has 1 saturated heterocycles. The highest BCUT2D eigenvalue weighted by Gasteiger charge is 2.19. The highest BCUT2D eigenvalue weighted by atomic mass is 79.9. The second-order valence-electron chi connectivity index (χ2n) is 4.55. The van der Waals surface area contributed by atoms with Gasteiger partial charge in [0.1, 0.15) is 0 Å². The van der Waals surface area contributed by atoms with Crippen LogP contribution in [0.4, 0.5) is 0 Å². The van der Waals surface area contributed by atoms with Crippen LogP contribution < -0.4 is 10.6 Å². The maximum absolute atomic E-state index is 11.0. The second-order valence-corrected chi connectivity index (χ2v) is 5.40. The number of aromatic carboxylic acids is 1. The lowest BCUT2D eigenvalue weighted by atomic mass is 10.1. The van der Waals surface area contributed by atoms with Crippen molar-refractivity contribution in [3.05, 3.63) is 33.8 Å². The minimum Gasteiger partial charge on any atom is -0.478 e. The predicted octanol–water partition coefficient (Wildman–Crippen LogP) is 1.52. The standard InChI is InChI=1S/C13H15BrN2O3/c14-11-5-8(13(18)19)1-2-9(11)6-15-7-10-3-4-12(17)16-10/h1-2,5,10,15H,3-4,6-7H2,(H,16,17)(H,18,19). The van der Waals surface area contributed by atoms with Crippen LogP contribution in [0.15, 0.2) is 22.7 Å². The third-order valence-electron chi connectivity index (χ3n) is 3.09. The number of carbonyl (C=O) groups excluding carboxylic acids is 1. The van der Waals surface area contributed by atoms with Crippen LogP contribution in [0.25, 0.3) is 0 Å². The summed E-state index contributed by atoms with van der Waals surface area (Å²) in [4.78, 5) is 21.8. The van der Waals surface area contributed by atoms with Gasteiger partial charge in [-0.15, -0.1) is 0 Å². The minimum atomic E-state index is -0.936. The van der Waals surface area contributed by atoms with Crippen molar-refractivity contribution < 1.29 is 14.7 Å². The first-order chi connectivity index (χ1) is 9.06. The Labute approximate surface area is 119 Å². The maximum atomic E-state index is 11.0. The Balaban J connectivity index is 1.86. The Bertz CT molecular complexity index is 505. The number of hydrogen-bond acceptors (Lipinski definition) is 3. The van der Waals surface area contributed by atoms with E-state index in [4.69, 9.17) is 5.11 Å². The lowest BCUT2D eigenvalue weighted by Crippen LogP contribution is -2.35. The van der Waals surface area contributed by atoms with E-state index in [1.54, 1.807) is 18.2 Å². The number of rotatable bonds is 5. The monoisotopic (exact) mass is 326 g/mol. The van der Waals surface area contributed by atoms with Gasteiger partial charge in [-0.3, -0.25) is 4.79 Å². The average Bonchev–Trinajstić information content (AvgIpc) is 2.77. The van der Waals surface area contributed by atoms with Gasteiger partial charge in [-0.2, -0.15) is 0 Å². The van der Waals surface area contributed by atoms with Gasteiger partial charge in [0.15, 0.2) is 0 Å². The van der Waals surface area contributed by atoms with Crippen LogP contribution in [0.1, 0.15) is 28.8 Å². The highest BCUT2D eigenvalue weighted by molar-refractivity contribution is 9.10. The molecule has 5 nitrogen and oxygen atoms in total. The zero-order valence-electron chi connectivity index (χ0n) is 10.3. The topological polar surface area (TPSA) is 78.4 Å². The molecule has 0 aromatic heterocycles. The van der Waals surface area contributed by atoms with E-state index >= 15 is 0 Å². The van der Waals surface area contributed by atoms with E-state index in [1.165, 1.54) is 0 Å². The summed E-state index contributed by atoms with van der Waals surface area (Å²) in [6.45, 7) is 1.35. The Morgan fingerprint density at radius 1 is 1.53 bits per heavy atom. The molecule has 0 aliphatic carbocycles. The fraction of sp³-hybridized carbons (Fsp3) is 0.385. The summed E-state index contributed by atoms with van der Waals surface area (Å²) >= 11 is 3.37. The van der Waals surface area contributed by atoms with Crippen LogP contribution in [-0.4, -0.2) is 29.6 Å². The maximum Gasteiger partial charge on any atom is 0.335 e. The Hall–Kier alpha value is -1.40. The molecule has 0 bridgehead atoms. The molecule has 1 aromatic rings. The summed E-state index contributed by atoms with van der Waals surface area (Å²) in [7, 11) is 0. The number of hydrogen-bond donors (Lipinski definition) is 3. The first-order valence-corrected chi connectivity index (χ1v) is 6.87. The van der Waals surface area contributed by atoms with Crippen molar-refractivity contribution in [3.63, 3.8) is 0 Å². The van der Waals surface area contributed by atoms with E-state index in [2.05, 4.69) is 26.6 Å². The van der Waals surface area contributed by atoms with Gasteiger partial charge in [-0.1, -0.05) is 22.0 Å². The van der Waals surface area contributed by atoms with Crippen LogP contribution in [0.5, 0.6) is 0 Å². The van der Waals surface area contributed by atoms with Gasteiger partial charge in [-0.05, 0) is 24.1 Å². The predicted molar refractivity (Wildman–Crippen MR) is 74.0 cm³/mol. The van der Waals surface area contributed by atoms with E-state index < -0.39 is 5.97 Å². The molecule has 1 unspecified atom stereocenters. The molecule has 1 atom stereocenters. The van der Waals surface area contributed by atoms with Crippen molar-refractivity contribution in [1.29, 1.82) is 0 Å². The van der Waals surface area contributed by atoms with Crippen molar-refractivity contribution in [2.24, 2.45) is 0 Å². The average molecular weight is 327 g/mol.